The number of imidazole rings is 1. The van der Waals surface area contributed by atoms with Crippen molar-refractivity contribution < 1.29 is 9.32 Å². The van der Waals surface area contributed by atoms with E-state index in [2.05, 4.69) is 20.4 Å². The number of urea groups is 1. The molecule has 0 spiro atoms. The van der Waals surface area contributed by atoms with Gasteiger partial charge in [0.15, 0.2) is 5.76 Å². The van der Waals surface area contributed by atoms with Gasteiger partial charge in [-0.3, -0.25) is 0 Å². The lowest BCUT2D eigenvalue weighted by Crippen LogP contribution is -2.40. The Morgan fingerprint density at radius 3 is 3.15 bits per heavy atom. The van der Waals surface area contributed by atoms with Crippen LogP contribution in [0.3, 0.4) is 0 Å². The van der Waals surface area contributed by atoms with Crippen LogP contribution in [0.15, 0.2) is 28.8 Å². The number of carbonyl (C=O) groups is 1. The third-order valence-corrected chi connectivity index (χ3v) is 4.85. The second kappa shape index (κ2) is 6.99. The molecule has 2 aromatic heterocycles. The largest absolute Gasteiger partial charge is 0.359 e. The molecule has 1 atom stereocenters. The number of nitrogens with zero attached hydrogens (tertiary/aromatic N) is 3. The van der Waals surface area contributed by atoms with Crippen LogP contribution < -0.4 is 5.32 Å². The molecule has 8 heteroatoms. The number of rotatable bonds is 4. The minimum absolute atomic E-state index is 0.0375. The van der Waals surface area contributed by atoms with Crippen molar-refractivity contribution in [1.82, 2.24) is 25.3 Å². The number of aromatic amines is 1. The number of nitrogens with one attached hydrogen (secondary N) is 2. The second-order valence-electron chi connectivity index (χ2n) is 6.55. The Morgan fingerprint density at radius 2 is 2.35 bits per heavy atom. The summed E-state index contributed by atoms with van der Waals surface area (Å²) in [5.74, 6) is 1.58. The molecular weight excluding hydrogens is 354 g/mol. The molecule has 0 unspecified atom stereocenters. The summed E-state index contributed by atoms with van der Waals surface area (Å²) in [7, 11) is 0. The quantitative estimate of drug-likeness (QED) is 0.731. The normalized spacial score (nSPS) is 17.2. The Hall–Kier alpha value is -2.54. The van der Waals surface area contributed by atoms with E-state index in [1.807, 2.05) is 36.1 Å². The summed E-state index contributed by atoms with van der Waals surface area (Å²) in [4.78, 5) is 22.1. The zero-order valence-corrected chi connectivity index (χ0v) is 15.2. The highest BCUT2D eigenvalue weighted by atomic mass is 35.5. The number of H-pyrrole nitrogens is 1. The lowest BCUT2D eigenvalue weighted by atomic mass is 10.1. The van der Waals surface area contributed by atoms with Crippen LogP contribution in [-0.4, -0.2) is 39.1 Å². The summed E-state index contributed by atoms with van der Waals surface area (Å²) >= 11 is 5.99. The van der Waals surface area contributed by atoms with E-state index in [1.54, 1.807) is 0 Å². The molecule has 3 aromatic rings. The molecule has 4 rings (SSSR count). The average Bonchev–Trinajstić information content (AvgIpc) is 3.32. The molecule has 0 radical (unpaired) electrons. The van der Waals surface area contributed by atoms with E-state index in [9.17, 15) is 4.79 Å². The van der Waals surface area contributed by atoms with Crippen molar-refractivity contribution in [3.8, 4) is 0 Å². The molecular formula is C18H20ClN5O2. The second-order valence-corrected chi connectivity index (χ2v) is 6.99. The monoisotopic (exact) mass is 373 g/mol. The number of aromatic nitrogens is 3. The molecule has 1 saturated heterocycles. The molecule has 7 nitrogen and oxygen atoms in total. The van der Waals surface area contributed by atoms with Crippen LogP contribution in [0.1, 0.15) is 36.2 Å². The van der Waals surface area contributed by atoms with Crippen LogP contribution in [0.4, 0.5) is 4.79 Å². The van der Waals surface area contributed by atoms with Gasteiger partial charge < -0.3 is 19.7 Å². The van der Waals surface area contributed by atoms with Crippen molar-refractivity contribution in [3.05, 3.63) is 46.6 Å². The number of halogens is 1. The summed E-state index contributed by atoms with van der Waals surface area (Å²) < 4.78 is 5.35. The lowest BCUT2D eigenvalue weighted by Gasteiger charge is -2.22. The first kappa shape index (κ1) is 16.9. The standard InChI is InChI=1S/C18H20ClN5O2/c1-11-9-16(26-23-11)15-3-2-8-24(15)18(25)20-7-6-17-21-13-5-4-12(19)10-14(13)22-17/h4-5,9-10,15H,2-3,6-8H2,1H3,(H,20,25)(H,21,22)/t15-/m0/s1. The summed E-state index contributed by atoms with van der Waals surface area (Å²) in [6, 6.07) is 7.32. The van der Waals surface area contributed by atoms with E-state index in [0.29, 0.717) is 18.0 Å². The van der Waals surface area contributed by atoms with Crippen LogP contribution in [-0.2, 0) is 6.42 Å². The van der Waals surface area contributed by atoms with Crippen molar-refractivity contribution in [1.29, 1.82) is 0 Å². The molecule has 1 fully saturated rings. The van der Waals surface area contributed by atoms with Gasteiger partial charge in [0.1, 0.15) is 5.82 Å². The van der Waals surface area contributed by atoms with Crippen molar-refractivity contribution in [2.75, 3.05) is 13.1 Å². The van der Waals surface area contributed by atoms with Gasteiger partial charge in [0.2, 0.25) is 0 Å². The molecule has 2 amide bonds. The Kier molecular flexibility index (Phi) is 4.55. The van der Waals surface area contributed by atoms with E-state index in [0.717, 1.165) is 47.7 Å². The topological polar surface area (TPSA) is 87.0 Å². The SMILES string of the molecule is Cc1cc([C@@H]2CCCN2C(=O)NCCc2nc3ccc(Cl)cc3[nH]2)on1. The molecule has 2 N–H and O–H groups in total. The van der Waals surface area contributed by atoms with Gasteiger partial charge in [-0.15, -0.1) is 0 Å². The average molecular weight is 374 g/mol. The van der Waals surface area contributed by atoms with Gasteiger partial charge in [-0.25, -0.2) is 9.78 Å². The van der Waals surface area contributed by atoms with E-state index in [1.165, 1.54) is 0 Å². The summed E-state index contributed by atoms with van der Waals surface area (Å²) in [5.41, 5.74) is 2.60. The maximum absolute atomic E-state index is 12.5. The van der Waals surface area contributed by atoms with Crippen molar-refractivity contribution in [2.45, 2.75) is 32.2 Å². The van der Waals surface area contributed by atoms with E-state index >= 15 is 0 Å². The minimum atomic E-state index is -0.0827. The van der Waals surface area contributed by atoms with Gasteiger partial charge in [0, 0.05) is 30.6 Å². The number of likely N-dealkylation sites (tertiary alicyclic amines) is 1. The molecule has 26 heavy (non-hydrogen) atoms. The zero-order chi connectivity index (χ0) is 18.1. The fraction of sp³-hybridized carbons (Fsp3) is 0.389. The maximum Gasteiger partial charge on any atom is 0.318 e. The number of hydrogen-bond donors (Lipinski definition) is 2. The predicted octanol–water partition coefficient (Wildman–Crippen LogP) is 3.60. The van der Waals surface area contributed by atoms with E-state index < -0.39 is 0 Å². The van der Waals surface area contributed by atoms with Gasteiger partial charge in [-0.1, -0.05) is 16.8 Å². The van der Waals surface area contributed by atoms with Crippen LogP contribution in [0.5, 0.6) is 0 Å². The summed E-state index contributed by atoms with van der Waals surface area (Å²) in [6.07, 6.45) is 2.48. The van der Waals surface area contributed by atoms with Gasteiger partial charge in [0.05, 0.1) is 22.8 Å². The van der Waals surface area contributed by atoms with Crippen molar-refractivity contribution >= 4 is 28.7 Å². The zero-order valence-electron chi connectivity index (χ0n) is 14.5. The summed E-state index contributed by atoms with van der Waals surface area (Å²) in [6.45, 7) is 3.11. The third kappa shape index (κ3) is 3.39. The smallest absolute Gasteiger partial charge is 0.318 e. The third-order valence-electron chi connectivity index (χ3n) is 4.62. The number of aryl methyl sites for hydroxylation is 1. The molecule has 0 aliphatic carbocycles. The van der Waals surface area contributed by atoms with Crippen LogP contribution in [0.25, 0.3) is 11.0 Å². The first-order chi connectivity index (χ1) is 12.6. The minimum Gasteiger partial charge on any atom is -0.359 e. The Bertz CT molecular complexity index is 935. The number of amides is 2. The number of carbonyl (C=O) groups excluding carboxylic acids is 1. The number of hydrogen-bond acceptors (Lipinski definition) is 4. The first-order valence-electron chi connectivity index (χ1n) is 8.72. The van der Waals surface area contributed by atoms with E-state index in [-0.39, 0.29) is 12.1 Å². The maximum atomic E-state index is 12.5. The lowest BCUT2D eigenvalue weighted by molar-refractivity contribution is 0.182. The highest BCUT2D eigenvalue weighted by Gasteiger charge is 2.32. The highest BCUT2D eigenvalue weighted by Crippen LogP contribution is 2.32. The van der Waals surface area contributed by atoms with Gasteiger partial charge in [0.25, 0.3) is 0 Å². The van der Waals surface area contributed by atoms with Crippen molar-refractivity contribution in [2.24, 2.45) is 0 Å². The fourth-order valence-corrected chi connectivity index (χ4v) is 3.56. The molecule has 0 saturated carbocycles. The molecule has 0 bridgehead atoms. The molecule has 1 aromatic carbocycles. The molecule has 1 aliphatic rings. The van der Waals surface area contributed by atoms with Gasteiger partial charge in [-0.2, -0.15) is 0 Å². The number of benzene rings is 1. The van der Waals surface area contributed by atoms with E-state index in [4.69, 9.17) is 16.1 Å². The van der Waals surface area contributed by atoms with Crippen LogP contribution in [0.2, 0.25) is 5.02 Å². The Morgan fingerprint density at radius 1 is 1.46 bits per heavy atom. The fourth-order valence-electron chi connectivity index (χ4n) is 3.39. The first-order valence-corrected chi connectivity index (χ1v) is 9.10. The highest BCUT2D eigenvalue weighted by molar-refractivity contribution is 6.31. The Balaban J connectivity index is 1.35. The molecule has 3 heterocycles. The van der Waals surface area contributed by atoms with Gasteiger partial charge >= 0.3 is 6.03 Å². The predicted molar refractivity (Wildman–Crippen MR) is 98.1 cm³/mol. The molecule has 1 aliphatic heterocycles. The van der Waals surface area contributed by atoms with Crippen molar-refractivity contribution in [3.63, 3.8) is 0 Å². The van der Waals surface area contributed by atoms with Gasteiger partial charge in [-0.05, 0) is 38.0 Å². The molecule has 136 valence electrons. The number of fused-ring (bicyclic) bond motifs is 1. The van der Waals surface area contributed by atoms with Crippen LogP contribution >= 0.6 is 11.6 Å². The van der Waals surface area contributed by atoms with Crippen LogP contribution in [0, 0.1) is 6.92 Å². The Labute approximate surface area is 155 Å². The summed E-state index contributed by atoms with van der Waals surface area (Å²) in [5, 5.41) is 7.57.